The normalized spacial score (nSPS) is 18.0. The molecule has 6 heteroatoms. The van der Waals surface area contributed by atoms with Crippen molar-refractivity contribution in [2.45, 2.75) is 32.9 Å². The van der Waals surface area contributed by atoms with Crippen molar-refractivity contribution in [3.05, 3.63) is 35.9 Å². The lowest BCUT2D eigenvalue weighted by Crippen LogP contribution is -2.42. The average molecular weight is 288 g/mol. The summed E-state index contributed by atoms with van der Waals surface area (Å²) in [4.78, 5) is 14.2. The summed E-state index contributed by atoms with van der Waals surface area (Å²) in [6.07, 6.45) is 0.896. The van der Waals surface area contributed by atoms with Gasteiger partial charge in [-0.05, 0) is 25.5 Å². The van der Waals surface area contributed by atoms with Gasteiger partial charge in [-0.2, -0.15) is 0 Å². The zero-order valence-electron chi connectivity index (χ0n) is 12.1. The van der Waals surface area contributed by atoms with Crippen LogP contribution < -0.4 is 0 Å². The van der Waals surface area contributed by atoms with Gasteiger partial charge in [0.2, 0.25) is 5.91 Å². The van der Waals surface area contributed by atoms with Crippen LogP contribution in [0.5, 0.6) is 0 Å². The fourth-order valence-corrected chi connectivity index (χ4v) is 2.75. The van der Waals surface area contributed by atoms with Crippen molar-refractivity contribution in [3.63, 3.8) is 0 Å². The number of hydrogen-bond acceptors (Lipinski definition) is 3. The maximum absolute atomic E-state index is 14.0. The monoisotopic (exact) mass is 288 g/mol. The summed E-state index contributed by atoms with van der Waals surface area (Å²) in [6, 6.07) is 6.01. The minimum absolute atomic E-state index is 0.0294. The molecular weight excluding hydrogens is 271 g/mol. The Morgan fingerprint density at radius 1 is 1.33 bits per heavy atom. The smallest absolute Gasteiger partial charge is 0.245 e. The molecule has 1 aliphatic heterocycles. The predicted octanol–water partition coefficient (Wildman–Crippen LogP) is 2.40. The quantitative estimate of drug-likeness (QED) is 0.871. The molecule has 0 N–H and O–H groups in total. The molecule has 2 heterocycles. The minimum atomic E-state index is -0.412. The summed E-state index contributed by atoms with van der Waals surface area (Å²) < 4.78 is 15.7. The number of benzene rings is 1. The molecule has 0 spiro atoms. The van der Waals surface area contributed by atoms with Crippen LogP contribution in [0, 0.1) is 5.82 Å². The fraction of sp³-hybridized carbons (Fsp3) is 0.400. The van der Waals surface area contributed by atoms with Gasteiger partial charge in [-0.3, -0.25) is 9.36 Å². The SMILES string of the molecule is CCCN1Cc2nnc(-c3ccccc3F)n2[C@@H](C)C1=O. The van der Waals surface area contributed by atoms with Gasteiger partial charge in [0.05, 0.1) is 12.1 Å². The number of carbonyl (C=O) groups is 1. The Bertz CT molecular complexity index is 682. The van der Waals surface area contributed by atoms with Gasteiger partial charge in [0.15, 0.2) is 11.6 Å². The van der Waals surface area contributed by atoms with Crippen molar-refractivity contribution in [2.75, 3.05) is 6.54 Å². The molecule has 0 saturated heterocycles. The van der Waals surface area contributed by atoms with Crippen LogP contribution in [0.3, 0.4) is 0 Å². The van der Waals surface area contributed by atoms with Crippen LogP contribution in [0.2, 0.25) is 0 Å². The molecule has 5 nitrogen and oxygen atoms in total. The van der Waals surface area contributed by atoms with Gasteiger partial charge in [0.1, 0.15) is 11.9 Å². The molecule has 3 rings (SSSR count). The Morgan fingerprint density at radius 3 is 2.81 bits per heavy atom. The number of halogens is 1. The number of carbonyl (C=O) groups excluding carboxylic acids is 1. The van der Waals surface area contributed by atoms with Crippen LogP contribution in [0.1, 0.15) is 32.1 Å². The van der Waals surface area contributed by atoms with E-state index in [1.54, 1.807) is 34.6 Å². The van der Waals surface area contributed by atoms with Gasteiger partial charge < -0.3 is 4.90 Å². The highest BCUT2D eigenvalue weighted by Crippen LogP contribution is 2.29. The van der Waals surface area contributed by atoms with Crippen molar-refractivity contribution in [3.8, 4) is 11.4 Å². The minimum Gasteiger partial charge on any atom is -0.333 e. The molecule has 1 aromatic heterocycles. The molecule has 1 aliphatic rings. The number of rotatable bonds is 3. The second kappa shape index (κ2) is 5.27. The first-order valence-electron chi connectivity index (χ1n) is 7.11. The number of hydrogen-bond donors (Lipinski definition) is 0. The van der Waals surface area contributed by atoms with Gasteiger partial charge in [-0.15, -0.1) is 10.2 Å². The third-order valence-electron chi connectivity index (χ3n) is 3.76. The number of fused-ring (bicyclic) bond motifs is 1. The Balaban J connectivity index is 2.06. The predicted molar refractivity (Wildman–Crippen MR) is 75.8 cm³/mol. The second-order valence-electron chi connectivity index (χ2n) is 5.23. The van der Waals surface area contributed by atoms with Gasteiger partial charge in [-0.25, -0.2) is 4.39 Å². The van der Waals surface area contributed by atoms with E-state index in [-0.39, 0.29) is 11.7 Å². The topological polar surface area (TPSA) is 51.0 Å². The van der Waals surface area contributed by atoms with E-state index in [4.69, 9.17) is 0 Å². The number of nitrogens with zero attached hydrogens (tertiary/aromatic N) is 4. The fourth-order valence-electron chi connectivity index (χ4n) is 2.75. The molecule has 2 aromatic rings. The van der Waals surface area contributed by atoms with E-state index < -0.39 is 6.04 Å². The molecule has 1 atom stereocenters. The van der Waals surface area contributed by atoms with E-state index in [2.05, 4.69) is 10.2 Å². The first-order valence-corrected chi connectivity index (χ1v) is 7.11. The van der Waals surface area contributed by atoms with Crippen LogP contribution in [0.15, 0.2) is 24.3 Å². The molecule has 0 unspecified atom stereocenters. The third kappa shape index (κ3) is 2.20. The van der Waals surface area contributed by atoms with E-state index in [0.717, 1.165) is 6.42 Å². The highest BCUT2D eigenvalue weighted by atomic mass is 19.1. The van der Waals surface area contributed by atoms with Crippen LogP contribution in [0.4, 0.5) is 4.39 Å². The van der Waals surface area contributed by atoms with E-state index in [0.29, 0.717) is 30.3 Å². The van der Waals surface area contributed by atoms with Crippen molar-refractivity contribution in [1.82, 2.24) is 19.7 Å². The molecule has 0 saturated carbocycles. The highest BCUT2D eigenvalue weighted by Gasteiger charge is 2.33. The Labute approximate surface area is 122 Å². The van der Waals surface area contributed by atoms with Crippen LogP contribution in [0.25, 0.3) is 11.4 Å². The van der Waals surface area contributed by atoms with Crippen molar-refractivity contribution < 1.29 is 9.18 Å². The maximum atomic E-state index is 14.0. The van der Waals surface area contributed by atoms with E-state index in [1.165, 1.54) is 6.07 Å². The average Bonchev–Trinajstić information content (AvgIpc) is 2.89. The molecule has 0 radical (unpaired) electrons. The van der Waals surface area contributed by atoms with E-state index >= 15 is 0 Å². The van der Waals surface area contributed by atoms with E-state index in [1.807, 2.05) is 6.92 Å². The zero-order valence-corrected chi connectivity index (χ0v) is 12.1. The lowest BCUT2D eigenvalue weighted by atomic mass is 10.1. The van der Waals surface area contributed by atoms with Crippen LogP contribution >= 0.6 is 0 Å². The van der Waals surface area contributed by atoms with E-state index in [9.17, 15) is 9.18 Å². The van der Waals surface area contributed by atoms with Crippen LogP contribution in [-0.4, -0.2) is 32.1 Å². The summed E-state index contributed by atoms with van der Waals surface area (Å²) in [6.45, 7) is 4.97. The molecule has 0 aliphatic carbocycles. The molecule has 0 bridgehead atoms. The first-order chi connectivity index (χ1) is 10.1. The molecule has 1 aromatic carbocycles. The Morgan fingerprint density at radius 2 is 2.10 bits per heavy atom. The van der Waals surface area contributed by atoms with Crippen LogP contribution in [-0.2, 0) is 11.3 Å². The van der Waals surface area contributed by atoms with Gasteiger partial charge in [0.25, 0.3) is 0 Å². The Kier molecular flexibility index (Phi) is 3.45. The molecule has 1 amide bonds. The lowest BCUT2D eigenvalue weighted by molar-refractivity contribution is -0.136. The van der Waals surface area contributed by atoms with Crippen molar-refractivity contribution in [2.24, 2.45) is 0 Å². The molecule has 21 heavy (non-hydrogen) atoms. The summed E-state index contributed by atoms with van der Waals surface area (Å²) in [5, 5.41) is 8.25. The number of aromatic nitrogens is 3. The first kappa shape index (κ1) is 13.7. The largest absolute Gasteiger partial charge is 0.333 e. The number of amides is 1. The Hall–Kier alpha value is -2.24. The van der Waals surface area contributed by atoms with Gasteiger partial charge >= 0.3 is 0 Å². The molecule has 110 valence electrons. The second-order valence-corrected chi connectivity index (χ2v) is 5.23. The van der Waals surface area contributed by atoms with Gasteiger partial charge in [0, 0.05) is 6.54 Å². The maximum Gasteiger partial charge on any atom is 0.245 e. The third-order valence-corrected chi connectivity index (χ3v) is 3.76. The van der Waals surface area contributed by atoms with Gasteiger partial charge in [-0.1, -0.05) is 19.1 Å². The summed E-state index contributed by atoms with van der Waals surface area (Å²) >= 11 is 0. The molecule has 0 fully saturated rings. The zero-order chi connectivity index (χ0) is 15.0. The van der Waals surface area contributed by atoms with Crippen molar-refractivity contribution >= 4 is 5.91 Å². The van der Waals surface area contributed by atoms with Crippen molar-refractivity contribution in [1.29, 1.82) is 0 Å². The highest BCUT2D eigenvalue weighted by molar-refractivity contribution is 5.82. The lowest BCUT2D eigenvalue weighted by Gasteiger charge is -2.31. The summed E-state index contributed by atoms with van der Waals surface area (Å²) in [5.74, 6) is 0.791. The summed E-state index contributed by atoms with van der Waals surface area (Å²) in [7, 11) is 0. The summed E-state index contributed by atoms with van der Waals surface area (Å²) in [5.41, 5.74) is 0.375. The standard InChI is InChI=1S/C15H17FN4O/c1-3-8-19-9-13-17-18-14(20(13)10(2)15(19)21)11-6-4-5-7-12(11)16/h4-7,10H,3,8-9H2,1-2H3/t10-/m0/s1. The molecular formula is C15H17FN4O.